The zero-order valence-electron chi connectivity index (χ0n) is 17.6. The van der Waals surface area contributed by atoms with Gasteiger partial charge in [-0.05, 0) is 25.8 Å². The summed E-state index contributed by atoms with van der Waals surface area (Å²) in [6.07, 6.45) is -0.264. The van der Waals surface area contributed by atoms with Crippen molar-refractivity contribution in [2.24, 2.45) is 0 Å². The van der Waals surface area contributed by atoms with Crippen LogP contribution in [-0.2, 0) is 6.18 Å². The number of aromatic nitrogens is 4. The lowest BCUT2D eigenvalue weighted by Gasteiger charge is -2.36. The van der Waals surface area contributed by atoms with Gasteiger partial charge in [0.15, 0.2) is 0 Å². The molecule has 1 saturated heterocycles. The molecule has 3 aromatic heterocycles. The van der Waals surface area contributed by atoms with Crippen molar-refractivity contribution >= 4 is 33.3 Å². The maximum Gasteiger partial charge on any atom is 0.419 e. The molecule has 0 aromatic carbocycles. The van der Waals surface area contributed by atoms with E-state index in [1.54, 1.807) is 4.90 Å². The van der Waals surface area contributed by atoms with Gasteiger partial charge >= 0.3 is 12.2 Å². The van der Waals surface area contributed by atoms with Gasteiger partial charge in [0, 0.05) is 44.5 Å². The van der Waals surface area contributed by atoms with Gasteiger partial charge in [-0.15, -0.1) is 5.10 Å². The lowest BCUT2D eigenvalue weighted by Crippen LogP contribution is -2.48. The molecule has 4 heterocycles. The van der Waals surface area contributed by atoms with Crippen LogP contribution in [0.3, 0.4) is 0 Å². The summed E-state index contributed by atoms with van der Waals surface area (Å²) in [7, 11) is 1.93. The number of amides is 2. The Morgan fingerprint density at radius 2 is 2.03 bits per heavy atom. The summed E-state index contributed by atoms with van der Waals surface area (Å²) in [5.41, 5.74) is 5.05. The van der Waals surface area contributed by atoms with Crippen LogP contribution in [0.5, 0.6) is 0 Å². The minimum atomic E-state index is -4.60. The van der Waals surface area contributed by atoms with E-state index >= 15 is 0 Å². The van der Waals surface area contributed by atoms with Crippen molar-refractivity contribution in [2.75, 3.05) is 37.3 Å². The lowest BCUT2D eigenvalue weighted by molar-refractivity contribution is -0.137. The van der Waals surface area contributed by atoms with Crippen molar-refractivity contribution in [1.82, 2.24) is 29.8 Å². The number of nitrogen functional groups attached to an aromatic ring is 1. The number of rotatable bonds is 4. The third-order valence-electron chi connectivity index (χ3n) is 5.52. The first-order valence-corrected chi connectivity index (χ1v) is 10.9. The molecular weight excluding hydrogens is 445 g/mol. The number of hydrogen-bond donors (Lipinski definition) is 2. The minimum Gasteiger partial charge on any atom is -0.383 e. The molecule has 0 spiro atoms. The average molecular weight is 469 g/mol. The van der Waals surface area contributed by atoms with Crippen molar-refractivity contribution in [3.05, 3.63) is 24.0 Å². The van der Waals surface area contributed by atoms with Crippen LogP contribution in [0.15, 0.2) is 18.5 Å². The molecule has 0 radical (unpaired) electrons. The average Bonchev–Trinajstić information content (AvgIpc) is 3.34. The number of piperidine rings is 1. The predicted octanol–water partition coefficient (Wildman–Crippen LogP) is 3.08. The maximum absolute atomic E-state index is 13.2. The first-order valence-electron chi connectivity index (χ1n) is 10.1. The summed E-state index contributed by atoms with van der Waals surface area (Å²) in [5.74, 6) is -0.570. The highest BCUT2D eigenvalue weighted by atomic mass is 32.1. The van der Waals surface area contributed by atoms with Crippen LogP contribution >= 0.6 is 11.3 Å². The number of imidazole rings is 1. The van der Waals surface area contributed by atoms with Crippen molar-refractivity contribution in [2.45, 2.75) is 32.0 Å². The molecule has 0 atom stereocenters. The Balaban J connectivity index is 1.55. The highest BCUT2D eigenvalue weighted by molar-refractivity contribution is 7.20. The Morgan fingerprint density at radius 3 is 2.69 bits per heavy atom. The Bertz CT molecular complexity index is 1120. The van der Waals surface area contributed by atoms with E-state index in [1.807, 2.05) is 18.9 Å². The molecule has 3 aromatic rings. The number of anilines is 2. The molecular formula is C19H23F3N8OS. The van der Waals surface area contributed by atoms with Gasteiger partial charge in [-0.25, -0.2) is 19.3 Å². The Labute approximate surface area is 186 Å². The molecule has 1 aliphatic heterocycles. The number of urea groups is 1. The number of carbonyl (C=O) groups excluding carboxylic acids is 1. The number of alkyl halides is 3. The first kappa shape index (κ1) is 22.1. The SMILES string of the molecule is CCNC(=O)N1CCC(N(C)c2nn3c(-c4cnc(N)c(C(F)(F)F)c4)cnc3s2)CC1. The molecule has 9 nitrogen and oxygen atoms in total. The zero-order chi connectivity index (χ0) is 23.0. The van der Waals surface area contributed by atoms with E-state index < -0.39 is 17.6 Å². The molecule has 0 saturated carbocycles. The number of halogens is 3. The normalized spacial score (nSPS) is 15.3. The molecule has 4 rings (SSSR count). The fourth-order valence-electron chi connectivity index (χ4n) is 3.74. The highest BCUT2D eigenvalue weighted by Crippen LogP contribution is 2.36. The lowest BCUT2D eigenvalue weighted by atomic mass is 10.0. The summed E-state index contributed by atoms with van der Waals surface area (Å²) < 4.78 is 41.2. The summed E-state index contributed by atoms with van der Waals surface area (Å²) in [5, 5.41) is 8.10. The quantitative estimate of drug-likeness (QED) is 0.610. The minimum absolute atomic E-state index is 0.0544. The Morgan fingerprint density at radius 1 is 1.31 bits per heavy atom. The van der Waals surface area contributed by atoms with E-state index in [4.69, 9.17) is 5.73 Å². The summed E-state index contributed by atoms with van der Waals surface area (Å²) in [6, 6.07) is 1.10. The standard InChI is InChI=1S/C19H23F3N8OS/c1-3-24-16(31)29-6-4-12(5-7-29)28(2)18-27-30-14(10-26-17(30)32-18)11-8-13(19(20,21)22)15(23)25-9-11/h8-10,12H,3-7H2,1-2H3,(H2,23,25)(H,24,31). The smallest absolute Gasteiger partial charge is 0.383 e. The first-order chi connectivity index (χ1) is 15.2. The van der Waals surface area contributed by atoms with Crippen LogP contribution < -0.4 is 16.0 Å². The number of nitrogens with one attached hydrogen (secondary N) is 1. The van der Waals surface area contributed by atoms with Crippen LogP contribution in [0.2, 0.25) is 0 Å². The van der Waals surface area contributed by atoms with Gasteiger partial charge in [-0.2, -0.15) is 13.2 Å². The molecule has 172 valence electrons. The topological polar surface area (TPSA) is 105 Å². The molecule has 2 amide bonds. The monoisotopic (exact) mass is 468 g/mol. The van der Waals surface area contributed by atoms with Crippen molar-refractivity contribution in [3.8, 4) is 11.3 Å². The molecule has 3 N–H and O–H groups in total. The van der Waals surface area contributed by atoms with Gasteiger partial charge in [0.2, 0.25) is 10.1 Å². The second-order valence-corrected chi connectivity index (χ2v) is 8.48. The van der Waals surface area contributed by atoms with Crippen molar-refractivity contribution in [1.29, 1.82) is 0 Å². The Kier molecular flexibility index (Phi) is 5.84. The molecule has 0 aliphatic carbocycles. The van der Waals surface area contributed by atoms with E-state index in [2.05, 4.69) is 20.4 Å². The van der Waals surface area contributed by atoms with Crippen LogP contribution in [0.4, 0.5) is 28.9 Å². The fourth-order valence-corrected chi connectivity index (χ4v) is 4.65. The number of hydrogen-bond acceptors (Lipinski definition) is 7. The summed E-state index contributed by atoms with van der Waals surface area (Å²) >= 11 is 1.35. The number of pyridine rings is 1. The Hall–Kier alpha value is -3.09. The van der Waals surface area contributed by atoms with Crippen LogP contribution in [0, 0.1) is 0 Å². The third kappa shape index (κ3) is 4.16. The maximum atomic E-state index is 13.2. The second-order valence-electron chi connectivity index (χ2n) is 7.54. The van der Waals surface area contributed by atoms with Crippen LogP contribution in [0.25, 0.3) is 16.2 Å². The third-order valence-corrected chi connectivity index (χ3v) is 6.54. The molecule has 0 unspecified atom stereocenters. The molecule has 32 heavy (non-hydrogen) atoms. The van der Waals surface area contributed by atoms with E-state index in [-0.39, 0.29) is 17.6 Å². The fraction of sp³-hybridized carbons (Fsp3) is 0.474. The number of nitrogens with zero attached hydrogens (tertiary/aromatic N) is 6. The molecule has 13 heteroatoms. The zero-order valence-corrected chi connectivity index (χ0v) is 18.4. The predicted molar refractivity (Wildman–Crippen MR) is 116 cm³/mol. The van der Waals surface area contributed by atoms with E-state index in [9.17, 15) is 18.0 Å². The number of fused-ring (bicyclic) bond motifs is 1. The van der Waals surface area contributed by atoms with Gasteiger partial charge in [0.1, 0.15) is 5.82 Å². The van der Waals surface area contributed by atoms with Crippen LogP contribution in [0.1, 0.15) is 25.3 Å². The van der Waals surface area contributed by atoms with Gasteiger partial charge < -0.3 is 20.9 Å². The number of likely N-dealkylation sites (tertiary alicyclic amines) is 1. The number of carbonyl (C=O) groups is 1. The van der Waals surface area contributed by atoms with Gasteiger partial charge in [-0.3, -0.25) is 0 Å². The molecule has 0 bridgehead atoms. The van der Waals surface area contributed by atoms with Gasteiger partial charge in [0.05, 0.1) is 17.5 Å². The van der Waals surface area contributed by atoms with E-state index in [0.29, 0.717) is 35.4 Å². The molecule has 1 fully saturated rings. The molecule has 1 aliphatic rings. The van der Waals surface area contributed by atoms with E-state index in [1.165, 1.54) is 28.2 Å². The van der Waals surface area contributed by atoms with Gasteiger partial charge in [0.25, 0.3) is 0 Å². The largest absolute Gasteiger partial charge is 0.419 e. The second kappa shape index (κ2) is 8.45. The van der Waals surface area contributed by atoms with Crippen LogP contribution in [-0.4, -0.2) is 63.2 Å². The highest BCUT2D eigenvalue weighted by Gasteiger charge is 2.34. The van der Waals surface area contributed by atoms with E-state index in [0.717, 1.165) is 18.9 Å². The van der Waals surface area contributed by atoms with Gasteiger partial charge in [-0.1, -0.05) is 11.3 Å². The summed E-state index contributed by atoms with van der Waals surface area (Å²) in [4.78, 5) is 24.4. The van der Waals surface area contributed by atoms with Crippen molar-refractivity contribution in [3.63, 3.8) is 0 Å². The number of nitrogens with two attached hydrogens (primary N) is 1. The van der Waals surface area contributed by atoms with Crippen molar-refractivity contribution < 1.29 is 18.0 Å². The summed E-state index contributed by atoms with van der Waals surface area (Å²) in [6.45, 7) is 3.77.